The van der Waals surface area contributed by atoms with E-state index in [1.807, 2.05) is 6.92 Å². The molecule has 0 unspecified atom stereocenters. The van der Waals surface area contributed by atoms with Gasteiger partial charge in [-0.05, 0) is 43.7 Å². The van der Waals surface area contributed by atoms with Crippen LogP contribution < -0.4 is 4.74 Å². The van der Waals surface area contributed by atoms with E-state index in [-0.39, 0.29) is 11.8 Å². The maximum atomic E-state index is 13.3. The molecule has 33 heavy (non-hydrogen) atoms. The Morgan fingerprint density at radius 2 is 2.00 bits per heavy atom. The third-order valence-corrected chi connectivity index (χ3v) is 6.58. The first-order valence-corrected chi connectivity index (χ1v) is 11.2. The van der Waals surface area contributed by atoms with Crippen LogP contribution in [0.3, 0.4) is 0 Å². The van der Waals surface area contributed by atoms with Crippen molar-refractivity contribution < 1.29 is 9.13 Å². The molecule has 0 spiro atoms. The van der Waals surface area contributed by atoms with Gasteiger partial charge in [-0.25, -0.2) is 28.5 Å². The highest BCUT2D eigenvalue weighted by Crippen LogP contribution is 2.35. The molecule has 0 amide bonds. The molecule has 0 aliphatic rings. The van der Waals surface area contributed by atoms with E-state index >= 15 is 0 Å². The molecular formula is C22H15ClFN7OS. The maximum Gasteiger partial charge on any atom is 0.202 e. The van der Waals surface area contributed by atoms with Crippen molar-refractivity contribution in [2.24, 2.45) is 0 Å². The van der Waals surface area contributed by atoms with Crippen LogP contribution in [0.25, 0.3) is 37.6 Å². The van der Waals surface area contributed by atoms with E-state index in [1.54, 1.807) is 39.1 Å². The van der Waals surface area contributed by atoms with Gasteiger partial charge in [-0.15, -0.1) is 16.4 Å². The molecule has 0 bridgehead atoms. The predicted octanol–water partition coefficient (Wildman–Crippen LogP) is 5.20. The lowest BCUT2D eigenvalue weighted by molar-refractivity contribution is 0.221. The van der Waals surface area contributed by atoms with Gasteiger partial charge < -0.3 is 4.74 Å². The third kappa shape index (κ3) is 3.38. The number of aryl methyl sites for hydroxylation is 2. The van der Waals surface area contributed by atoms with Crippen molar-refractivity contribution in [3.05, 3.63) is 65.0 Å². The minimum absolute atomic E-state index is 0.00395. The third-order valence-electron chi connectivity index (χ3n) is 5.22. The zero-order valence-corrected chi connectivity index (χ0v) is 19.0. The van der Waals surface area contributed by atoms with E-state index < -0.39 is 5.82 Å². The number of benzene rings is 1. The normalized spacial score (nSPS) is 11.8. The first-order chi connectivity index (χ1) is 16.0. The highest BCUT2D eigenvalue weighted by molar-refractivity contribution is 7.26. The standard InChI is InChI=1S/C22H15ClFN7OS/c1-11-7-12(2)26-22-17(11)18-19(33-22)21-27-20(29-31(21)9-25-18)16-5-6-30(28-16)10-32-13-3-4-15(24)14(23)8-13/h3-9H,10H2,1-2H3. The number of pyridine rings is 1. The van der Waals surface area contributed by atoms with E-state index in [0.717, 1.165) is 31.7 Å². The molecule has 8 nitrogen and oxygen atoms in total. The summed E-state index contributed by atoms with van der Waals surface area (Å²) in [5.74, 6) is 0.430. The van der Waals surface area contributed by atoms with E-state index in [1.165, 1.54) is 18.2 Å². The number of ether oxygens (including phenoxy) is 1. The van der Waals surface area contributed by atoms with Crippen LogP contribution in [-0.2, 0) is 6.73 Å². The summed E-state index contributed by atoms with van der Waals surface area (Å²) in [5, 5.41) is 10.1. The summed E-state index contributed by atoms with van der Waals surface area (Å²) >= 11 is 7.36. The molecule has 0 N–H and O–H groups in total. The fourth-order valence-corrected chi connectivity index (χ4v) is 5.13. The zero-order valence-electron chi connectivity index (χ0n) is 17.5. The van der Waals surface area contributed by atoms with Crippen LogP contribution in [0.2, 0.25) is 5.02 Å². The number of halogens is 2. The fourth-order valence-electron chi connectivity index (χ4n) is 3.74. The van der Waals surface area contributed by atoms with E-state index in [2.05, 4.69) is 33.2 Å². The summed E-state index contributed by atoms with van der Waals surface area (Å²) in [4.78, 5) is 15.0. The van der Waals surface area contributed by atoms with Gasteiger partial charge in [0.1, 0.15) is 33.1 Å². The van der Waals surface area contributed by atoms with Gasteiger partial charge in [0.25, 0.3) is 0 Å². The van der Waals surface area contributed by atoms with Crippen molar-refractivity contribution in [2.75, 3.05) is 0 Å². The number of nitrogens with zero attached hydrogens (tertiary/aromatic N) is 7. The topological polar surface area (TPSA) is 83.0 Å². The molecule has 1 aromatic carbocycles. The van der Waals surface area contributed by atoms with E-state index in [9.17, 15) is 4.39 Å². The van der Waals surface area contributed by atoms with Crippen LogP contribution in [0.15, 0.2) is 42.9 Å². The molecule has 0 aliphatic carbocycles. The number of aromatic nitrogens is 7. The van der Waals surface area contributed by atoms with Gasteiger partial charge in [0.05, 0.1) is 10.5 Å². The number of fused-ring (bicyclic) bond motifs is 5. The largest absolute Gasteiger partial charge is 0.471 e. The van der Waals surface area contributed by atoms with Crippen LogP contribution in [-0.4, -0.2) is 34.3 Å². The van der Waals surface area contributed by atoms with Crippen molar-refractivity contribution in [2.45, 2.75) is 20.6 Å². The molecule has 6 aromatic rings. The lowest BCUT2D eigenvalue weighted by atomic mass is 10.1. The summed E-state index contributed by atoms with van der Waals surface area (Å²) in [6.07, 6.45) is 3.42. The highest BCUT2D eigenvalue weighted by atomic mass is 35.5. The Labute approximate surface area is 195 Å². The second-order valence-corrected chi connectivity index (χ2v) is 8.98. The fraction of sp³-hybridized carbons (Fsp3) is 0.136. The summed E-state index contributed by atoms with van der Waals surface area (Å²) in [6, 6.07) is 8.06. The van der Waals surface area contributed by atoms with Crippen LogP contribution in [0.5, 0.6) is 5.75 Å². The van der Waals surface area contributed by atoms with Crippen LogP contribution in [0.1, 0.15) is 11.3 Å². The highest BCUT2D eigenvalue weighted by Gasteiger charge is 2.17. The summed E-state index contributed by atoms with van der Waals surface area (Å²) < 4.78 is 23.1. The van der Waals surface area contributed by atoms with Gasteiger partial charge in [0.15, 0.2) is 12.4 Å². The number of hydrogen-bond donors (Lipinski definition) is 0. The summed E-state index contributed by atoms with van der Waals surface area (Å²) in [5.41, 5.74) is 4.30. The van der Waals surface area contributed by atoms with Gasteiger partial charge in [0.2, 0.25) is 5.82 Å². The van der Waals surface area contributed by atoms with Gasteiger partial charge >= 0.3 is 0 Å². The van der Waals surface area contributed by atoms with Gasteiger partial charge in [-0.2, -0.15) is 5.10 Å². The van der Waals surface area contributed by atoms with Crippen LogP contribution in [0, 0.1) is 19.7 Å². The molecular weight excluding hydrogens is 465 g/mol. The van der Waals surface area contributed by atoms with Crippen molar-refractivity contribution in [3.63, 3.8) is 0 Å². The average Bonchev–Trinajstić information content (AvgIpc) is 3.49. The Morgan fingerprint density at radius 3 is 2.85 bits per heavy atom. The monoisotopic (exact) mass is 479 g/mol. The van der Waals surface area contributed by atoms with Crippen molar-refractivity contribution in [1.29, 1.82) is 0 Å². The minimum atomic E-state index is -0.494. The molecule has 0 atom stereocenters. The summed E-state index contributed by atoms with van der Waals surface area (Å²) in [7, 11) is 0. The molecule has 0 radical (unpaired) electrons. The van der Waals surface area contributed by atoms with E-state index in [0.29, 0.717) is 22.9 Å². The predicted molar refractivity (Wildman–Crippen MR) is 124 cm³/mol. The molecule has 0 saturated carbocycles. The lowest BCUT2D eigenvalue weighted by Gasteiger charge is -2.06. The number of thiophene rings is 1. The smallest absolute Gasteiger partial charge is 0.202 e. The second-order valence-electron chi connectivity index (χ2n) is 7.58. The second kappa shape index (κ2) is 7.46. The quantitative estimate of drug-likeness (QED) is 0.346. The Morgan fingerprint density at radius 1 is 1.12 bits per heavy atom. The minimum Gasteiger partial charge on any atom is -0.471 e. The maximum absolute atomic E-state index is 13.3. The molecule has 11 heteroatoms. The van der Waals surface area contributed by atoms with Crippen LogP contribution >= 0.6 is 22.9 Å². The van der Waals surface area contributed by atoms with Crippen molar-refractivity contribution >= 4 is 49.0 Å². The molecule has 0 aliphatic heterocycles. The van der Waals surface area contributed by atoms with Gasteiger partial charge in [0, 0.05) is 23.3 Å². The van der Waals surface area contributed by atoms with Crippen LogP contribution in [0.4, 0.5) is 4.39 Å². The number of rotatable bonds is 4. The Bertz CT molecular complexity index is 1690. The first-order valence-electron chi connectivity index (χ1n) is 10.00. The first kappa shape index (κ1) is 20.0. The van der Waals surface area contributed by atoms with Gasteiger partial charge in [-0.3, -0.25) is 0 Å². The summed E-state index contributed by atoms with van der Waals surface area (Å²) in [6.45, 7) is 4.18. The van der Waals surface area contributed by atoms with Crippen molar-refractivity contribution in [1.82, 2.24) is 34.3 Å². The Balaban J connectivity index is 1.34. The molecule has 0 fully saturated rings. The van der Waals surface area contributed by atoms with E-state index in [4.69, 9.17) is 21.3 Å². The molecule has 0 saturated heterocycles. The SMILES string of the molecule is Cc1cc(C)c2c(n1)sc1c2ncn2nc(-c3ccn(COc4ccc(F)c(Cl)c4)n3)nc12. The molecule has 6 rings (SSSR count). The average molecular weight is 480 g/mol. The van der Waals surface area contributed by atoms with Crippen molar-refractivity contribution in [3.8, 4) is 17.3 Å². The number of hydrogen-bond acceptors (Lipinski definition) is 7. The molecule has 164 valence electrons. The zero-order chi connectivity index (χ0) is 22.7. The van der Waals surface area contributed by atoms with Gasteiger partial charge in [-0.1, -0.05) is 11.6 Å². The molecule has 5 heterocycles. The Kier molecular flexibility index (Phi) is 4.52. The lowest BCUT2D eigenvalue weighted by Crippen LogP contribution is -2.06. The molecule has 5 aromatic heterocycles. The Hall–Kier alpha value is -3.63.